The molecule has 0 bridgehead atoms. The first-order chi connectivity index (χ1) is 14.1. The van der Waals surface area contributed by atoms with E-state index in [0.717, 1.165) is 11.3 Å². The van der Waals surface area contributed by atoms with Gasteiger partial charge in [0.2, 0.25) is 5.91 Å². The molecule has 0 fully saturated rings. The van der Waals surface area contributed by atoms with Crippen LogP contribution in [0.1, 0.15) is 12.0 Å². The second kappa shape index (κ2) is 9.94. The Kier molecular flexibility index (Phi) is 6.84. The van der Waals surface area contributed by atoms with Gasteiger partial charge in [0, 0.05) is 23.5 Å². The molecule has 0 atom stereocenters. The van der Waals surface area contributed by atoms with Crippen molar-refractivity contribution in [1.29, 1.82) is 0 Å². The van der Waals surface area contributed by atoms with Crippen molar-refractivity contribution in [2.75, 3.05) is 23.1 Å². The van der Waals surface area contributed by atoms with Gasteiger partial charge >= 0.3 is 6.03 Å². The number of para-hydroxylation sites is 1. The van der Waals surface area contributed by atoms with E-state index in [0.29, 0.717) is 29.9 Å². The van der Waals surface area contributed by atoms with E-state index in [4.69, 9.17) is 4.74 Å². The van der Waals surface area contributed by atoms with E-state index in [2.05, 4.69) is 16.0 Å². The van der Waals surface area contributed by atoms with Crippen molar-refractivity contribution in [3.05, 3.63) is 84.4 Å². The maximum absolute atomic E-state index is 12.2. The third-order valence-corrected chi connectivity index (χ3v) is 4.24. The van der Waals surface area contributed by atoms with Crippen molar-refractivity contribution in [3.8, 4) is 5.75 Å². The van der Waals surface area contributed by atoms with Gasteiger partial charge in [0.25, 0.3) is 0 Å². The summed E-state index contributed by atoms with van der Waals surface area (Å²) in [4.78, 5) is 24.4. The number of urea groups is 1. The molecule has 0 unspecified atom stereocenters. The van der Waals surface area contributed by atoms with Crippen LogP contribution in [0.15, 0.2) is 78.9 Å². The number of rotatable bonds is 7. The van der Waals surface area contributed by atoms with Crippen molar-refractivity contribution < 1.29 is 14.3 Å². The number of hydrogen-bond donors (Lipinski definition) is 3. The smallest absolute Gasteiger partial charge is 0.323 e. The summed E-state index contributed by atoms with van der Waals surface area (Å²) < 4.78 is 5.13. The Morgan fingerprint density at radius 3 is 2.07 bits per heavy atom. The summed E-state index contributed by atoms with van der Waals surface area (Å²) in [6.45, 7) is 0. The average molecular weight is 389 g/mol. The number of nitrogens with one attached hydrogen (secondary N) is 3. The quantitative estimate of drug-likeness (QED) is 0.537. The highest BCUT2D eigenvalue weighted by Crippen LogP contribution is 2.17. The van der Waals surface area contributed by atoms with Crippen LogP contribution < -0.4 is 20.7 Å². The minimum atomic E-state index is -0.348. The summed E-state index contributed by atoms with van der Waals surface area (Å²) in [5, 5.41) is 8.37. The van der Waals surface area contributed by atoms with Gasteiger partial charge in [0.1, 0.15) is 5.75 Å². The highest BCUT2D eigenvalue weighted by Gasteiger charge is 2.06. The molecule has 0 spiro atoms. The van der Waals surface area contributed by atoms with Crippen LogP contribution in [0.4, 0.5) is 21.9 Å². The predicted octanol–water partition coefficient (Wildman–Crippen LogP) is 4.91. The van der Waals surface area contributed by atoms with Crippen LogP contribution in [0.25, 0.3) is 0 Å². The molecule has 0 heterocycles. The number of carbonyl (C=O) groups excluding carboxylic acids is 2. The number of methoxy groups -OCH3 is 1. The van der Waals surface area contributed by atoms with Gasteiger partial charge < -0.3 is 20.7 Å². The summed E-state index contributed by atoms with van der Waals surface area (Å²) in [7, 11) is 1.62. The van der Waals surface area contributed by atoms with Gasteiger partial charge in [-0.1, -0.05) is 36.4 Å². The predicted molar refractivity (Wildman–Crippen MR) is 115 cm³/mol. The normalized spacial score (nSPS) is 10.1. The molecule has 3 aromatic rings. The van der Waals surface area contributed by atoms with E-state index in [1.165, 1.54) is 0 Å². The Balaban J connectivity index is 1.50. The maximum atomic E-state index is 12.2. The summed E-state index contributed by atoms with van der Waals surface area (Å²) in [5.74, 6) is 0.700. The third kappa shape index (κ3) is 6.39. The number of amides is 3. The summed E-state index contributed by atoms with van der Waals surface area (Å²) in [6, 6.07) is 23.5. The molecule has 3 N–H and O–H groups in total. The van der Waals surface area contributed by atoms with Gasteiger partial charge in [-0.25, -0.2) is 4.79 Å². The molecule has 148 valence electrons. The second-order valence-electron chi connectivity index (χ2n) is 6.42. The molecule has 0 saturated heterocycles. The molecule has 0 aliphatic rings. The van der Waals surface area contributed by atoms with Crippen LogP contribution in [-0.2, 0) is 11.2 Å². The SMILES string of the molecule is COc1ccc(CCC(=O)Nc2cccc(NC(=O)Nc3ccccc3)c2)cc1. The topological polar surface area (TPSA) is 79.5 Å². The van der Waals surface area contributed by atoms with Gasteiger partial charge in [0.15, 0.2) is 0 Å². The molecule has 0 aliphatic heterocycles. The average Bonchev–Trinajstić information content (AvgIpc) is 2.73. The number of ether oxygens (including phenoxy) is 1. The molecule has 3 rings (SSSR count). The molecule has 0 saturated carbocycles. The Morgan fingerprint density at radius 2 is 1.38 bits per heavy atom. The Hall–Kier alpha value is -3.80. The van der Waals surface area contributed by atoms with E-state index in [9.17, 15) is 9.59 Å². The van der Waals surface area contributed by atoms with Gasteiger partial charge in [-0.05, 0) is 54.4 Å². The van der Waals surface area contributed by atoms with E-state index in [1.807, 2.05) is 42.5 Å². The number of anilines is 3. The zero-order valence-electron chi connectivity index (χ0n) is 16.1. The standard InChI is InChI=1S/C23H23N3O3/c1-29-21-13-10-17(11-14-21)12-15-22(27)24-19-8-5-9-20(16-19)26-23(28)25-18-6-3-2-4-7-18/h2-11,13-14,16H,12,15H2,1H3,(H,24,27)(H2,25,26,28). The summed E-state index contributed by atoms with van der Waals surface area (Å²) in [6.07, 6.45) is 0.992. The molecule has 3 aromatic carbocycles. The maximum Gasteiger partial charge on any atom is 0.323 e. The molecule has 0 aliphatic carbocycles. The lowest BCUT2D eigenvalue weighted by atomic mass is 10.1. The highest BCUT2D eigenvalue weighted by molar-refractivity contribution is 6.00. The second-order valence-corrected chi connectivity index (χ2v) is 6.42. The molecule has 6 heteroatoms. The van der Waals surface area contributed by atoms with Crippen LogP contribution in [-0.4, -0.2) is 19.0 Å². The fraction of sp³-hybridized carbons (Fsp3) is 0.130. The lowest BCUT2D eigenvalue weighted by Gasteiger charge is -2.10. The zero-order chi connectivity index (χ0) is 20.5. The first kappa shape index (κ1) is 19.9. The van der Waals surface area contributed by atoms with Crippen molar-refractivity contribution in [3.63, 3.8) is 0 Å². The molecule has 6 nitrogen and oxygen atoms in total. The molecular formula is C23H23N3O3. The van der Waals surface area contributed by atoms with Gasteiger partial charge in [-0.3, -0.25) is 4.79 Å². The van der Waals surface area contributed by atoms with Crippen molar-refractivity contribution in [2.24, 2.45) is 0 Å². The lowest BCUT2D eigenvalue weighted by molar-refractivity contribution is -0.116. The third-order valence-electron chi connectivity index (χ3n) is 4.24. The molecular weight excluding hydrogens is 366 g/mol. The fourth-order valence-corrected chi connectivity index (χ4v) is 2.76. The van der Waals surface area contributed by atoms with Crippen LogP contribution in [0.3, 0.4) is 0 Å². The van der Waals surface area contributed by atoms with Crippen molar-refractivity contribution in [1.82, 2.24) is 0 Å². The van der Waals surface area contributed by atoms with Gasteiger partial charge in [0.05, 0.1) is 7.11 Å². The van der Waals surface area contributed by atoms with Crippen LogP contribution in [0.5, 0.6) is 5.75 Å². The number of benzene rings is 3. The number of hydrogen-bond acceptors (Lipinski definition) is 3. The Bertz CT molecular complexity index is 957. The Morgan fingerprint density at radius 1 is 0.759 bits per heavy atom. The van der Waals surface area contributed by atoms with Crippen LogP contribution in [0.2, 0.25) is 0 Å². The van der Waals surface area contributed by atoms with Gasteiger partial charge in [-0.2, -0.15) is 0 Å². The zero-order valence-corrected chi connectivity index (χ0v) is 16.1. The number of aryl methyl sites for hydroxylation is 1. The molecule has 29 heavy (non-hydrogen) atoms. The monoisotopic (exact) mass is 389 g/mol. The minimum absolute atomic E-state index is 0.0910. The number of carbonyl (C=O) groups is 2. The van der Waals surface area contributed by atoms with Crippen LogP contribution >= 0.6 is 0 Å². The van der Waals surface area contributed by atoms with E-state index in [-0.39, 0.29) is 11.9 Å². The summed E-state index contributed by atoms with van der Waals surface area (Å²) in [5.41, 5.74) is 2.98. The Labute approximate surface area is 169 Å². The molecule has 0 aromatic heterocycles. The fourth-order valence-electron chi connectivity index (χ4n) is 2.76. The molecule has 0 radical (unpaired) electrons. The van der Waals surface area contributed by atoms with E-state index < -0.39 is 0 Å². The van der Waals surface area contributed by atoms with E-state index in [1.54, 1.807) is 43.5 Å². The summed E-state index contributed by atoms with van der Waals surface area (Å²) >= 11 is 0. The first-order valence-electron chi connectivity index (χ1n) is 9.28. The first-order valence-corrected chi connectivity index (χ1v) is 9.28. The minimum Gasteiger partial charge on any atom is -0.497 e. The van der Waals surface area contributed by atoms with Crippen LogP contribution in [0, 0.1) is 0 Å². The lowest BCUT2D eigenvalue weighted by Crippen LogP contribution is -2.19. The van der Waals surface area contributed by atoms with Gasteiger partial charge in [-0.15, -0.1) is 0 Å². The van der Waals surface area contributed by atoms with Crippen molar-refractivity contribution in [2.45, 2.75) is 12.8 Å². The highest BCUT2D eigenvalue weighted by atomic mass is 16.5. The van der Waals surface area contributed by atoms with Crippen molar-refractivity contribution >= 4 is 29.0 Å². The van der Waals surface area contributed by atoms with E-state index >= 15 is 0 Å². The molecule has 3 amide bonds. The largest absolute Gasteiger partial charge is 0.497 e.